The fraction of sp³-hybridized carbons (Fsp3) is 0.143. The van der Waals surface area contributed by atoms with Crippen LogP contribution in [0.15, 0.2) is 77.6 Å². The molecule has 4 nitrogen and oxygen atoms in total. The molecule has 0 saturated carbocycles. The molecule has 0 aliphatic rings. The molecule has 0 saturated heterocycles. The predicted octanol–water partition coefficient (Wildman–Crippen LogP) is 6.41. The van der Waals surface area contributed by atoms with Crippen molar-refractivity contribution in [3.05, 3.63) is 117 Å². The number of phenols is 1. The van der Waals surface area contributed by atoms with Gasteiger partial charge in [-0.2, -0.15) is 0 Å². The highest BCUT2D eigenvalue weighted by molar-refractivity contribution is 5.73. The molecule has 32 heavy (non-hydrogen) atoms. The summed E-state index contributed by atoms with van der Waals surface area (Å²) < 4.78 is 1.70. The lowest BCUT2D eigenvalue weighted by Gasteiger charge is -2.17. The van der Waals surface area contributed by atoms with Crippen molar-refractivity contribution in [2.75, 3.05) is 0 Å². The molecule has 0 fully saturated rings. The molecule has 3 aromatic carbocycles. The lowest BCUT2D eigenvalue weighted by Crippen LogP contribution is -2.23. The van der Waals surface area contributed by atoms with Gasteiger partial charge in [0.1, 0.15) is 5.75 Å². The van der Waals surface area contributed by atoms with Crippen molar-refractivity contribution < 1.29 is 5.11 Å². The summed E-state index contributed by atoms with van der Waals surface area (Å²) in [5.74, 6) is 0.220. The second-order valence-electron chi connectivity index (χ2n) is 8.12. The van der Waals surface area contributed by atoms with Gasteiger partial charge in [0, 0.05) is 5.69 Å². The molecule has 1 heterocycles. The second kappa shape index (κ2) is 8.56. The van der Waals surface area contributed by atoms with Crippen LogP contribution in [0, 0.1) is 27.3 Å². The number of pyridine rings is 1. The van der Waals surface area contributed by atoms with Gasteiger partial charge in [-0.25, -0.2) is 4.85 Å². The number of phenolic OH excluding ortho intramolecular Hbond substituents is 1. The molecule has 1 aromatic heterocycles. The van der Waals surface area contributed by atoms with Crippen molar-refractivity contribution in [3.8, 4) is 28.1 Å². The van der Waals surface area contributed by atoms with Crippen LogP contribution in [0.1, 0.15) is 22.3 Å². The van der Waals surface area contributed by atoms with Gasteiger partial charge >= 0.3 is 0 Å². The molecule has 1 N–H and O–H groups in total. The van der Waals surface area contributed by atoms with E-state index in [1.807, 2.05) is 75.4 Å². The number of hydrogen-bond acceptors (Lipinski definition) is 2. The monoisotopic (exact) mass is 420 g/mol. The molecule has 4 heteroatoms. The summed E-state index contributed by atoms with van der Waals surface area (Å²) in [6, 6.07) is 23.2. The highest BCUT2D eigenvalue weighted by atomic mass is 16.3. The minimum Gasteiger partial charge on any atom is -0.508 e. The molecule has 0 spiro atoms. The second-order valence-corrected chi connectivity index (χ2v) is 8.12. The number of rotatable bonds is 4. The van der Waals surface area contributed by atoms with Crippen molar-refractivity contribution in [1.82, 2.24) is 4.57 Å². The van der Waals surface area contributed by atoms with E-state index in [9.17, 15) is 9.90 Å². The van der Waals surface area contributed by atoms with E-state index >= 15 is 0 Å². The summed E-state index contributed by atoms with van der Waals surface area (Å²) >= 11 is 0. The fourth-order valence-electron chi connectivity index (χ4n) is 3.99. The zero-order chi connectivity index (χ0) is 22.8. The first kappa shape index (κ1) is 21.1. The number of nitrogens with zero attached hydrogens (tertiary/aromatic N) is 2. The molecular weight excluding hydrogens is 396 g/mol. The Morgan fingerprint density at radius 3 is 2.25 bits per heavy atom. The van der Waals surface area contributed by atoms with Gasteiger partial charge in [-0.3, -0.25) is 4.79 Å². The Kier molecular flexibility index (Phi) is 5.66. The normalized spacial score (nSPS) is 10.7. The van der Waals surface area contributed by atoms with Gasteiger partial charge in [0.15, 0.2) is 0 Å². The van der Waals surface area contributed by atoms with Crippen LogP contribution >= 0.6 is 0 Å². The molecule has 0 atom stereocenters. The average Bonchev–Trinajstić information content (AvgIpc) is 2.78. The maximum Gasteiger partial charge on any atom is 0.257 e. The molecule has 0 unspecified atom stereocenters. The number of aryl methyl sites for hydroxylation is 3. The largest absolute Gasteiger partial charge is 0.508 e. The van der Waals surface area contributed by atoms with Crippen LogP contribution in [0.5, 0.6) is 5.75 Å². The first-order valence-corrected chi connectivity index (χ1v) is 10.5. The van der Waals surface area contributed by atoms with Crippen LogP contribution in [0.25, 0.3) is 27.2 Å². The van der Waals surface area contributed by atoms with E-state index in [-0.39, 0.29) is 17.0 Å². The molecule has 0 radical (unpaired) electrons. The third-order valence-electron chi connectivity index (χ3n) is 5.76. The van der Waals surface area contributed by atoms with Crippen LogP contribution in [0.2, 0.25) is 0 Å². The molecule has 4 aromatic rings. The minimum atomic E-state index is -0.273. The fourth-order valence-corrected chi connectivity index (χ4v) is 3.99. The van der Waals surface area contributed by atoms with Crippen molar-refractivity contribution >= 4 is 5.69 Å². The summed E-state index contributed by atoms with van der Waals surface area (Å²) in [5, 5.41) is 9.60. The number of benzene rings is 3. The van der Waals surface area contributed by atoms with Crippen LogP contribution < -0.4 is 5.56 Å². The van der Waals surface area contributed by atoms with Gasteiger partial charge in [0.2, 0.25) is 0 Å². The van der Waals surface area contributed by atoms with Crippen LogP contribution in [-0.2, 0) is 6.54 Å². The van der Waals surface area contributed by atoms with Crippen molar-refractivity contribution in [1.29, 1.82) is 0 Å². The highest BCUT2D eigenvalue weighted by Crippen LogP contribution is 2.29. The van der Waals surface area contributed by atoms with Gasteiger partial charge in [0.25, 0.3) is 11.2 Å². The maximum atomic E-state index is 13.3. The van der Waals surface area contributed by atoms with Crippen LogP contribution in [0.4, 0.5) is 5.69 Å². The highest BCUT2D eigenvalue weighted by Gasteiger charge is 2.16. The maximum absolute atomic E-state index is 13.3. The molecule has 0 aliphatic carbocycles. The summed E-state index contributed by atoms with van der Waals surface area (Å²) in [5.41, 5.74) is 7.54. The Balaban J connectivity index is 1.89. The van der Waals surface area contributed by atoms with E-state index in [0.29, 0.717) is 12.1 Å². The Morgan fingerprint density at radius 1 is 0.844 bits per heavy atom. The Morgan fingerprint density at radius 2 is 1.56 bits per heavy atom. The molecule has 4 rings (SSSR count). The standard InChI is InChI=1S/C28H24N2O2/c1-18-8-9-24(19(2)14-18)17-30-26(15-20(3)27(29-4)28(30)32)23-7-5-6-22(16-23)21-10-12-25(31)13-11-21/h5-16,31H,17H2,1-3H3. The van der Waals surface area contributed by atoms with E-state index < -0.39 is 0 Å². The summed E-state index contributed by atoms with van der Waals surface area (Å²) in [6.07, 6.45) is 0. The molecule has 0 bridgehead atoms. The first-order valence-electron chi connectivity index (χ1n) is 10.5. The summed E-state index contributed by atoms with van der Waals surface area (Å²) in [7, 11) is 0. The average molecular weight is 421 g/mol. The topological polar surface area (TPSA) is 46.6 Å². The van der Waals surface area contributed by atoms with E-state index in [4.69, 9.17) is 6.57 Å². The van der Waals surface area contributed by atoms with Gasteiger partial charge in [-0.1, -0.05) is 54.1 Å². The van der Waals surface area contributed by atoms with E-state index in [1.54, 1.807) is 16.7 Å². The molecule has 158 valence electrons. The lowest BCUT2D eigenvalue weighted by molar-refractivity contribution is 0.475. The van der Waals surface area contributed by atoms with E-state index in [2.05, 4.69) is 10.9 Å². The van der Waals surface area contributed by atoms with Crippen LogP contribution in [-0.4, -0.2) is 9.67 Å². The van der Waals surface area contributed by atoms with Gasteiger partial charge in [-0.05, 0) is 78.4 Å². The van der Waals surface area contributed by atoms with Gasteiger partial charge < -0.3 is 9.67 Å². The van der Waals surface area contributed by atoms with Crippen molar-refractivity contribution in [2.45, 2.75) is 27.3 Å². The van der Waals surface area contributed by atoms with E-state index in [0.717, 1.165) is 33.5 Å². The Hall–Kier alpha value is -4.10. The third-order valence-corrected chi connectivity index (χ3v) is 5.76. The zero-order valence-electron chi connectivity index (χ0n) is 18.4. The van der Waals surface area contributed by atoms with Crippen molar-refractivity contribution in [3.63, 3.8) is 0 Å². The smallest absolute Gasteiger partial charge is 0.257 e. The molecular formula is C28H24N2O2. The van der Waals surface area contributed by atoms with E-state index in [1.165, 1.54) is 5.56 Å². The lowest BCUT2D eigenvalue weighted by atomic mass is 9.99. The van der Waals surface area contributed by atoms with Crippen LogP contribution in [0.3, 0.4) is 0 Å². The first-order chi connectivity index (χ1) is 15.4. The predicted molar refractivity (Wildman–Crippen MR) is 129 cm³/mol. The van der Waals surface area contributed by atoms with Gasteiger partial charge in [-0.15, -0.1) is 0 Å². The number of aromatic hydroxyl groups is 1. The van der Waals surface area contributed by atoms with Gasteiger partial charge in [0.05, 0.1) is 13.1 Å². The summed E-state index contributed by atoms with van der Waals surface area (Å²) in [6.45, 7) is 13.8. The Labute approximate surface area is 187 Å². The molecule has 0 aliphatic heterocycles. The molecule has 0 amide bonds. The zero-order valence-corrected chi connectivity index (χ0v) is 18.4. The Bertz CT molecular complexity index is 1410. The number of hydrogen-bond donors (Lipinski definition) is 1. The minimum absolute atomic E-state index is 0.160. The third kappa shape index (κ3) is 4.06. The number of aromatic nitrogens is 1. The quantitative estimate of drug-likeness (QED) is 0.388. The SMILES string of the molecule is [C-]#[N+]c1c(C)cc(-c2cccc(-c3ccc(O)cc3)c2)n(Cc2ccc(C)cc2C)c1=O. The van der Waals surface area contributed by atoms with Crippen molar-refractivity contribution in [2.24, 2.45) is 0 Å². The summed E-state index contributed by atoms with van der Waals surface area (Å²) in [4.78, 5) is 16.8.